The van der Waals surface area contributed by atoms with Crippen molar-refractivity contribution >= 4 is 11.6 Å². The van der Waals surface area contributed by atoms with Crippen LogP contribution in [0.5, 0.6) is 5.75 Å². The van der Waals surface area contributed by atoms with Crippen LogP contribution in [0.25, 0.3) is 11.1 Å². The monoisotopic (exact) mass is 364 g/mol. The summed E-state index contributed by atoms with van der Waals surface area (Å²) in [6.45, 7) is 4.83. The van der Waals surface area contributed by atoms with Crippen molar-refractivity contribution < 1.29 is 4.74 Å². The highest BCUT2D eigenvalue weighted by atomic mass is 35.5. The Morgan fingerprint density at radius 2 is 1.54 bits per heavy atom. The molecule has 3 aromatic carbocycles. The van der Waals surface area contributed by atoms with Crippen molar-refractivity contribution in [2.75, 3.05) is 5.88 Å². The maximum absolute atomic E-state index is 6.18. The molecule has 0 atom stereocenters. The smallest absolute Gasteiger partial charge is 0.126 e. The SMILES string of the molecule is Cc1ccc(-c2ccc(CCCCl)cc2)c(C)c1OCc1ccccc1. The van der Waals surface area contributed by atoms with E-state index in [0.29, 0.717) is 12.5 Å². The molecule has 0 saturated heterocycles. The molecule has 1 nitrogen and oxygen atoms in total. The van der Waals surface area contributed by atoms with E-state index in [1.54, 1.807) is 0 Å². The Hall–Kier alpha value is -2.25. The lowest BCUT2D eigenvalue weighted by Crippen LogP contribution is -2.00. The summed E-state index contributed by atoms with van der Waals surface area (Å²) in [6.07, 6.45) is 2.05. The van der Waals surface area contributed by atoms with E-state index in [0.717, 1.165) is 18.6 Å². The first-order valence-corrected chi connectivity index (χ1v) is 9.64. The van der Waals surface area contributed by atoms with Gasteiger partial charge in [-0.25, -0.2) is 0 Å². The van der Waals surface area contributed by atoms with Gasteiger partial charge in [-0.05, 0) is 60.1 Å². The number of ether oxygens (including phenoxy) is 1. The summed E-state index contributed by atoms with van der Waals surface area (Å²) in [7, 11) is 0. The molecule has 0 bridgehead atoms. The van der Waals surface area contributed by atoms with Gasteiger partial charge in [-0.2, -0.15) is 0 Å². The molecule has 0 heterocycles. The van der Waals surface area contributed by atoms with Crippen molar-refractivity contribution in [2.24, 2.45) is 0 Å². The number of hydrogen-bond acceptors (Lipinski definition) is 1. The van der Waals surface area contributed by atoms with Crippen LogP contribution in [0.1, 0.15) is 28.7 Å². The van der Waals surface area contributed by atoms with Crippen molar-refractivity contribution in [3.05, 3.63) is 89.0 Å². The van der Waals surface area contributed by atoms with E-state index in [9.17, 15) is 0 Å². The van der Waals surface area contributed by atoms with Crippen LogP contribution in [-0.4, -0.2) is 5.88 Å². The van der Waals surface area contributed by atoms with Crippen molar-refractivity contribution in [3.63, 3.8) is 0 Å². The minimum absolute atomic E-state index is 0.587. The molecule has 0 spiro atoms. The Morgan fingerprint density at radius 3 is 2.23 bits per heavy atom. The van der Waals surface area contributed by atoms with Crippen LogP contribution in [0.3, 0.4) is 0 Å². The second-order valence-corrected chi connectivity index (χ2v) is 7.03. The van der Waals surface area contributed by atoms with Crippen LogP contribution in [0, 0.1) is 13.8 Å². The summed E-state index contributed by atoms with van der Waals surface area (Å²) < 4.78 is 6.18. The van der Waals surface area contributed by atoms with Gasteiger partial charge in [0.25, 0.3) is 0 Å². The summed E-state index contributed by atoms with van der Waals surface area (Å²) in [6, 6.07) is 23.4. The topological polar surface area (TPSA) is 9.23 Å². The molecule has 3 aromatic rings. The lowest BCUT2D eigenvalue weighted by atomic mass is 9.96. The fourth-order valence-electron chi connectivity index (χ4n) is 3.21. The molecular formula is C24H25ClO. The van der Waals surface area contributed by atoms with Gasteiger partial charge in [-0.3, -0.25) is 0 Å². The van der Waals surface area contributed by atoms with E-state index in [-0.39, 0.29) is 0 Å². The quantitative estimate of drug-likeness (QED) is 0.423. The maximum atomic E-state index is 6.18. The lowest BCUT2D eigenvalue weighted by molar-refractivity contribution is 0.302. The molecule has 3 rings (SSSR count). The highest BCUT2D eigenvalue weighted by molar-refractivity contribution is 6.17. The standard InChI is InChI=1S/C24H25ClO/c1-18-10-15-23(22-13-11-20(12-14-22)9-6-16-25)19(2)24(18)26-17-21-7-4-3-5-8-21/h3-5,7-8,10-15H,6,9,16-17H2,1-2H3. The molecule has 0 saturated carbocycles. The van der Waals surface area contributed by atoms with Crippen LogP contribution in [0.15, 0.2) is 66.7 Å². The maximum Gasteiger partial charge on any atom is 0.126 e. The minimum atomic E-state index is 0.587. The van der Waals surface area contributed by atoms with Crippen LogP contribution in [0.4, 0.5) is 0 Å². The van der Waals surface area contributed by atoms with Crippen molar-refractivity contribution in [1.29, 1.82) is 0 Å². The number of benzene rings is 3. The number of hydrogen-bond donors (Lipinski definition) is 0. The highest BCUT2D eigenvalue weighted by Crippen LogP contribution is 2.33. The van der Waals surface area contributed by atoms with Crippen LogP contribution >= 0.6 is 11.6 Å². The molecule has 0 aliphatic rings. The zero-order chi connectivity index (χ0) is 18.4. The van der Waals surface area contributed by atoms with E-state index < -0.39 is 0 Å². The molecule has 2 heteroatoms. The average molecular weight is 365 g/mol. The van der Waals surface area contributed by atoms with E-state index in [1.165, 1.54) is 33.4 Å². The average Bonchev–Trinajstić information content (AvgIpc) is 2.68. The number of alkyl halides is 1. The lowest BCUT2D eigenvalue weighted by Gasteiger charge is -2.16. The van der Waals surface area contributed by atoms with Crippen LogP contribution in [0.2, 0.25) is 0 Å². The van der Waals surface area contributed by atoms with Crippen molar-refractivity contribution in [2.45, 2.75) is 33.3 Å². The first-order valence-electron chi connectivity index (χ1n) is 9.11. The molecule has 0 aliphatic heterocycles. The molecule has 0 amide bonds. The summed E-state index contributed by atoms with van der Waals surface area (Å²) in [4.78, 5) is 0. The Balaban J connectivity index is 1.82. The van der Waals surface area contributed by atoms with Gasteiger partial charge in [0.1, 0.15) is 12.4 Å². The number of aryl methyl sites for hydroxylation is 2. The second-order valence-electron chi connectivity index (χ2n) is 6.65. The van der Waals surface area contributed by atoms with Gasteiger partial charge in [0.15, 0.2) is 0 Å². The fraction of sp³-hybridized carbons (Fsp3) is 0.250. The van der Waals surface area contributed by atoms with E-state index in [2.05, 4.69) is 62.4 Å². The largest absolute Gasteiger partial charge is 0.488 e. The zero-order valence-electron chi connectivity index (χ0n) is 15.5. The zero-order valence-corrected chi connectivity index (χ0v) is 16.2. The van der Waals surface area contributed by atoms with E-state index in [1.807, 2.05) is 18.2 Å². The molecule has 0 aliphatic carbocycles. The Kier molecular flexibility index (Phi) is 6.35. The number of rotatable bonds is 7. The molecule has 134 valence electrons. The third-order valence-corrected chi connectivity index (χ3v) is 4.96. The van der Waals surface area contributed by atoms with Crippen LogP contribution in [-0.2, 0) is 13.0 Å². The highest BCUT2D eigenvalue weighted by Gasteiger charge is 2.11. The van der Waals surface area contributed by atoms with Crippen molar-refractivity contribution in [1.82, 2.24) is 0 Å². The Morgan fingerprint density at radius 1 is 0.808 bits per heavy atom. The Bertz CT molecular complexity index is 838. The third-order valence-electron chi connectivity index (χ3n) is 4.69. The third kappa shape index (κ3) is 4.47. The second kappa shape index (κ2) is 8.91. The summed E-state index contributed by atoms with van der Waals surface area (Å²) in [5.41, 5.74) is 7.32. The van der Waals surface area contributed by atoms with Gasteiger partial charge in [0.2, 0.25) is 0 Å². The van der Waals surface area contributed by atoms with Crippen LogP contribution < -0.4 is 4.74 Å². The number of halogens is 1. The molecule has 0 unspecified atom stereocenters. The minimum Gasteiger partial charge on any atom is -0.488 e. The van der Waals surface area contributed by atoms with Gasteiger partial charge in [-0.1, -0.05) is 66.7 Å². The first kappa shape index (κ1) is 18.5. The predicted octanol–water partition coefficient (Wildman–Crippen LogP) is 6.72. The van der Waals surface area contributed by atoms with Gasteiger partial charge in [0, 0.05) is 5.88 Å². The van der Waals surface area contributed by atoms with Gasteiger partial charge in [0.05, 0.1) is 0 Å². The molecule has 26 heavy (non-hydrogen) atoms. The normalized spacial score (nSPS) is 10.7. The van der Waals surface area contributed by atoms with E-state index >= 15 is 0 Å². The summed E-state index contributed by atoms with van der Waals surface area (Å²) in [5, 5.41) is 0. The molecule has 0 aromatic heterocycles. The molecule has 0 N–H and O–H groups in total. The van der Waals surface area contributed by atoms with Crippen molar-refractivity contribution in [3.8, 4) is 16.9 Å². The summed E-state index contributed by atoms with van der Waals surface area (Å²) >= 11 is 5.79. The van der Waals surface area contributed by atoms with Gasteiger partial charge >= 0.3 is 0 Å². The van der Waals surface area contributed by atoms with E-state index in [4.69, 9.17) is 16.3 Å². The van der Waals surface area contributed by atoms with Gasteiger partial charge < -0.3 is 4.74 Å². The fourth-order valence-corrected chi connectivity index (χ4v) is 3.35. The van der Waals surface area contributed by atoms with Gasteiger partial charge in [-0.15, -0.1) is 11.6 Å². The Labute approximate surface area is 161 Å². The molecular weight excluding hydrogens is 340 g/mol. The summed E-state index contributed by atoms with van der Waals surface area (Å²) in [5.74, 6) is 1.69. The predicted molar refractivity (Wildman–Crippen MR) is 111 cm³/mol. The molecule has 0 fully saturated rings. The molecule has 0 radical (unpaired) electrons. The first-order chi connectivity index (χ1) is 12.7.